The Balaban J connectivity index is 2.40. The quantitative estimate of drug-likeness (QED) is 0.647. The summed E-state index contributed by atoms with van der Waals surface area (Å²) in [5, 5.41) is 9.50. The van der Waals surface area contributed by atoms with Crippen molar-refractivity contribution < 1.29 is 14.6 Å². The van der Waals surface area contributed by atoms with Crippen molar-refractivity contribution in [3.63, 3.8) is 0 Å². The standard InChI is InChI=1S/C9H16O3/c1-4-5-7(10)8-6-11-9(2,3)12-8/h4,7-8,10H,1,5-6H2,2-3H3/t7-,8?/m0/s1. The van der Waals surface area contributed by atoms with E-state index in [1.165, 1.54) is 0 Å². The van der Waals surface area contributed by atoms with E-state index in [2.05, 4.69) is 6.58 Å². The Bertz CT molecular complexity index is 165. The van der Waals surface area contributed by atoms with Gasteiger partial charge in [0.05, 0.1) is 12.7 Å². The van der Waals surface area contributed by atoms with E-state index >= 15 is 0 Å². The second kappa shape index (κ2) is 3.56. The van der Waals surface area contributed by atoms with E-state index in [4.69, 9.17) is 9.47 Å². The van der Waals surface area contributed by atoms with Crippen LogP contribution in [0, 0.1) is 0 Å². The fraction of sp³-hybridized carbons (Fsp3) is 0.778. The summed E-state index contributed by atoms with van der Waals surface area (Å²) >= 11 is 0. The molecular formula is C9H16O3. The molecule has 0 aliphatic carbocycles. The van der Waals surface area contributed by atoms with Crippen LogP contribution < -0.4 is 0 Å². The van der Waals surface area contributed by atoms with Gasteiger partial charge in [-0.05, 0) is 20.3 Å². The number of hydrogen-bond acceptors (Lipinski definition) is 3. The average Bonchev–Trinajstić information content (AvgIpc) is 2.31. The fourth-order valence-corrected chi connectivity index (χ4v) is 1.23. The van der Waals surface area contributed by atoms with Gasteiger partial charge in [-0.15, -0.1) is 6.58 Å². The first kappa shape index (κ1) is 9.71. The highest BCUT2D eigenvalue weighted by atomic mass is 16.7. The van der Waals surface area contributed by atoms with E-state index in [0.717, 1.165) is 0 Å². The molecule has 3 nitrogen and oxygen atoms in total. The Hall–Kier alpha value is -0.380. The van der Waals surface area contributed by atoms with Crippen molar-refractivity contribution >= 4 is 0 Å². The van der Waals surface area contributed by atoms with Crippen LogP contribution in [-0.2, 0) is 9.47 Å². The van der Waals surface area contributed by atoms with E-state index in [-0.39, 0.29) is 6.10 Å². The smallest absolute Gasteiger partial charge is 0.163 e. The molecule has 1 N–H and O–H groups in total. The third-order valence-electron chi connectivity index (χ3n) is 1.87. The zero-order valence-electron chi connectivity index (χ0n) is 7.62. The summed E-state index contributed by atoms with van der Waals surface area (Å²) in [6.45, 7) is 7.69. The maximum absolute atomic E-state index is 9.50. The minimum absolute atomic E-state index is 0.210. The molecule has 0 aromatic heterocycles. The highest BCUT2D eigenvalue weighted by Gasteiger charge is 2.36. The third kappa shape index (κ3) is 2.30. The highest BCUT2D eigenvalue weighted by molar-refractivity contribution is 4.82. The van der Waals surface area contributed by atoms with Crippen LogP contribution in [0.5, 0.6) is 0 Å². The van der Waals surface area contributed by atoms with E-state index in [1.807, 2.05) is 13.8 Å². The first-order valence-electron chi connectivity index (χ1n) is 4.16. The van der Waals surface area contributed by atoms with Crippen molar-refractivity contribution in [1.82, 2.24) is 0 Å². The number of aliphatic hydroxyl groups is 1. The van der Waals surface area contributed by atoms with E-state index in [0.29, 0.717) is 13.0 Å². The van der Waals surface area contributed by atoms with Crippen LogP contribution in [0.25, 0.3) is 0 Å². The van der Waals surface area contributed by atoms with Gasteiger partial charge < -0.3 is 14.6 Å². The van der Waals surface area contributed by atoms with Gasteiger partial charge in [0.15, 0.2) is 5.79 Å². The predicted molar refractivity (Wildman–Crippen MR) is 45.7 cm³/mol. The second-order valence-electron chi connectivity index (χ2n) is 3.46. The SMILES string of the molecule is C=CC[C@H](O)C1COC(C)(C)O1. The number of rotatable bonds is 3. The largest absolute Gasteiger partial charge is 0.390 e. The lowest BCUT2D eigenvalue weighted by Crippen LogP contribution is -2.30. The molecule has 0 bridgehead atoms. The molecular weight excluding hydrogens is 156 g/mol. The van der Waals surface area contributed by atoms with Gasteiger partial charge in [-0.1, -0.05) is 6.08 Å². The van der Waals surface area contributed by atoms with Crippen LogP contribution in [0.1, 0.15) is 20.3 Å². The predicted octanol–water partition coefficient (Wildman–Crippen LogP) is 1.07. The summed E-state index contributed by atoms with van der Waals surface area (Å²) < 4.78 is 10.7. The van der Waals surface area contributed by atoms with E-state index in [9.17, 15) is 5.11 Å². The molecule has 0 saturated carbocycles. The van der Waals surface area contributed by atoms with Gasteiger partial charge in [0.1, 0.15) is 6.10 Å². The van der Waals surface area contributed by atoms with Crippen LogP contribution in [0.15, 0.2) is 12.7 Å². The summed E-state index contributed by atoms with van der Waals surface area (Å²) in [4.78, 5) is 0. The van der Waals surface area contributed by atoms with Crippen molar-refractivity contribution in [2.45, 2.75) is 38.3 Å². The van der Waals surface area contributed by atoms with Crippen molar-refractivity contribution in [2.75, 3.05) is 6.61 Å². The molecule has 3 heteroatoms. The van der Waals surface area contributed by atoms with Gasteiger partial charge >= 0.3 is 0 Å². The van der Waals surface area contributed by atoms with Crippen molar-refractivity contribution in [3.8, 4) is 0 Å². The van der Waals surface area contributed by atoms with E-state index in [1.54, 1.807) is 6.08 Å². The molecule has 1 fully saturated rings. The molecule has 0 aromatic rings. The lowest BCUT2D eigenvalue weighted by molar-refractivity contribution is -0.150. The Morgan fingerprint density at radius 3 is 2.83 bits per heavy atom. The summed E-state index contributed by atoms with van der Waals surface area (Å²) in [7, 11) is 0. The topological polar surface area (TPSA) is 38.7 Å². The van der Waals surface area contributed by atoms with Crippen molar-refractivity contribution in [1.29, 1.82) is 0 Å². The van der Waals surface area contributed by atoms with Gasteiger partial charge in [0.2, 0.25) is 0 Å². The lowest BCUT2D eigenvalue weighted by Gasteiger charge is -2.19. The van der Waals surface area contributed by atoms with Gasteiger partial charge in [-0.25, -0.2) is 0 Å². The molecule has 0 radical (unpaired) electrons. The molecule has 1 rings (SSSR count). The van der Waals surface area contributed by atoms with Crippen LogP contribution in [-0.4, -0.2) is 29.7 Å². The molecule has 1 unspecified atom stereocenters. The molecule has 0 aromatic carbocycles. The molecule has 2 atom stereocenters. The monoisotopic (exact) mass is 172 g/mol. The molecule has 1 saturated heterocycles. The normalized spacial score (nSPS) is 30.1. The zero-order chi connectivity index (χ0) is 9.19. The van der Waals surface area contributed by atoms with Crippen LogP contribution >= 0.6 is 0 Å². The Kier molecular flexibility index (Phi) is 2.88. The lowest BCUT2D eigenvalue weighted by atomic mass is 10.1. The summed E-state index contributed by atoms with van der Waals surface area (Å²) in [5.74, 6) is -0.549. The van der Waals surface area contributed by atoms with Crippen LogP contribution in [0.3, 0.4) is 0 Å². The third-order valence-corrected chi connectivity index (χ3v) is 1.87. The number of ether oxygens (including phenoxy) is 2. The number of hydrogen-bond donors (Lipinski definition) is 1. The molecule has 1 aliphatic heterocycles. The molecule has 1 aliphatic rings. The molecule has 12 heavy (non-hydrogen) atoms. The van der Waals surface area contributed by atoms with Crippen LogP contribution in [0.4, 0.5) is 0 Å². The van der Waals surface area contributed by atoms with Crippen molar-refractivity contribution in [2.24, 2.45) is 0 Å². The van der Waals surface area contributed by atoms with Crippen molar-refractivity contribution in [3.05, 3.63) is 12.7 Å². The summed E-state index contributed by atoms with van der Waals surface area (Å²) in [5.41, 5.74) is 0. The molecule has 1 heterocycles. The Morgan fingerprint density at radius 2 is 2.42 bits per heavy atom. The fourth-order valence-electron chi connectivity index (χ4n) is 1.23. The van der Waals surface area contributed by atoms with E-state index < -0.39 is 11.9 Å². The Labute approximate surface area is 73.0 Å². The van der Waals surface area contributed by atoms with Gasteiger partial charge in [0.25, 0.3) is 0 Å². The first-order chi connectivity index (χ1) is 5.55. The van der Waals surface area contributed by atoms with Crippen LogP contribution in [0.2, 0.25) is 0 Å². The minimum atomic E-state index is -0.549. The molecule has 70 valence electrons. The summed E-state index contributed by atoms with van der Waals surface area (Å²) in [6, 6.07) is 0. The minimum Gasteiger partial charge on any atom is -0.390 e. The van der Waals surface area contributed by atoms with Gasteiger partial charge in [0, 0.05) is 0 Å². The first-order valence-corrected chi connectivity index (χ1v) is 4.16. The second-order valence-corrected chi connectivity index (χ2v) is 3.46. The maximum Gasteiger partial charge on any atom is 0.163 e. The highest BCUT2D eigenvalue weighted by Crippen LogP contribution is 2.24. The van der Waals surface area contributed by atoms with Gasteiger partial charge in [-0.3, -0.25) is 0 Å². The summed E-state index contributed by atoms with van der Waals surface area (Å²) in [6.07, 6.45) is 1.52. The zero-order valence-corrected chi connectivity index (χ0v) is 7.62. The maximum atomic E-state index is 9.50. The number of aliphatic hydroxyl groups excluding tert-OH is 1. The average molecular weight is 172 g/mol. The Morgan fingerprint density at radius 1 is 1.75 bits per heavy atom. The van der Waals surface area contributed by atoms with Gasteiger partial charge in [-0.2, -0.15) is 0 Å². The molecule has 0 amide bonds. The molecule has 0 spiro atoms.